The summed E-state index contributed by atoms with van der Waals surface area (Å²) in [6.45, 7) is 12.2. The highest BCUT2D eigenvalue weighted by Crippen LogP contribution is 2.68. The van der Waals surface area contributed by atoms with E-state index in [1.54, 1.807) is 13.8 Å². The lowest BCUT2D eigenvalue weighted by Gasteiger charge is -2.63. The van der Waals surface area contributed by atoms with Crippen LogP contribution in [-0.4, -0.2) is 23.5 Å². The molecule has 6 fully saturated rings. The van der Waals surface area contributed by atoms with Crippen molar-refractivity contribution in [2.24, 2.45) is 69.0 Å². The van der Waals surface area contributed by atoms with Crippen LogP contribution in [0.5, 0.6) is 0 Å². The number of rotatable bonds is 4. The summed E-state index contributed by atoms with van der Waals surface area (Å²) in [5.41, 5.74) is -2.00. The molecule has 0 amide bonds. The lowest BCUT2D eigenvalue weighted by molar-refractivity contribution is -0.205. The maximum Gasteiger partial charge on any atom is 0.319 e. The maximum absolute atomic E-state index is 14.4. The number of ketones is 2. The predicted octanol–water partition coefficient (Wildman–Crippen LogP) is 8.51. The number of carbonyl (C=O) groups excluding carboxylic acids is 4. The highest BCUT2D eigenvalue weighted by atomic mass is 16.6. The monoisotopic (exact) mass is 594 g/mol. The molecule has 6 saturated carbocycles. The fourth-order valence-corrected chi connectivity index (χ4v) is 13.6. The van der Waals surface area contributed by atoms with Crippen LogP contribution >= 0.6 is 0 Å². The third-order valence-electron chi connectivity index (χ3n) is 15.6. The summed E-state index contributed by atoms with van der Waals surface area (Å²) >= 11 is 0. The molecule has 0 aliphatic heterocycles. The standard InChI is InChI=1S/C38H58O5/c1-23(39)27-19-21-35(3,31-17-15-25-11-7-9-13-29(25)37(27,31)5)33(41)43-34(42)36(4)22-20-28(24(2)40)38(6)30-14-10-8-12-26(30)16-18-32(36)38/h25-32H,7-22H2,1-6H3/t25-,26?,27?,28?,29+,30?,31?,32?,35+,36+,37-,38-/m1/s1. The third-order valence-corrected chi connectivity index (χ3v) is 15.6. The molecule has 5 nitrogen and oxygen atoms in total. The summed E-state index contributed by atoms with van der Waals surface area (Å²) in [6.07, 6.45) is 16.4. The number of carbonyl (C=O) groups is 4. The van der Waals surface area contributed by atoms with Crippen LogP contribution in [0.15, 0.2) is 0 Å². The molecule has 240 valence electrons. The summed E-state index contributed by atoms with van der Waals surface area (Å²) in [6, 6.07) is 0. The molecule has 6 aliphatic carbocycles. The van der Waals surface area contributed by atoms with Crippen LogP contribution in [0.3, 0.4) is 0 Å². The van der Waals surface area contributed by atoms with Gasteiger partial charge in [0.15, 0.2) is 0 Å². The Hall–Kier alpha value is -1.52. The van der Waals surface area contributed by atoms with Gasteiger partial charge in [-0.2, -0.15) is 0 Å². The molecule has 0 saturated heterocycles. The van der Waals surface area contributed by atoms with Gasteiger partial charge in [0.25, 0.3) is 0 Å². The van der Waals surface area contributed by atoms with E-state index in [1.807, 2.05) is 0 Å². The van der Waals surface area contributed by atoms with Crippen molar-refractivity contribution < 1.29 is 23.9 Å². The fraction of sp³-hybridized carbons (Fsp3) is 0.895. The first kappa shape index (κ1) is 31.5. The quantitative estimate of drug-likeness (QED) is 0.241. The molecule has 5 heteroatoms. The average Bonchev–Trinajstić information content (AvgIpc) is 2.96. The minimum absolute atomic E-state index is 0.0225. The summed E-state index contributed by atoms with van der Waals surface area (Å²) in [4.78, 5) is 55.0. The van der Waals surface area contributed by atoms with Gasteiger partial charge in [-0.1, -0.05) is 52.4 Å². The van der Waals surface area contributed by atoms with Crippen molar-refractivity contribution >= 4 is 23.5 Å². The van der Waals surface area contributed by atoms with Crippen LogP contribution in [0.1, 0.15) is 144 Å². The van der Waals surface area contributed by atoms with Crippen molar-refractivity contribution in [2.75, 3.05) is 0 Å². The van der Waals surface area contributed by atoms with Crippen LogP contribution in [-0.2, 0) is 23.9 Å². The van der Waals surface area contributed by atoms with Gasteiger partial charge in [-0.05, 0) is 138 Å². The van der Waals surface area contributed by atoms with E-state index in [9.17, 15) is 19.2 Å². The van der Waals surface area contributed by atoms with E-state index >= 15 is 0 Å². The van der Waals surface area contributed by atoms with Crippen LogP contribution in [0, 0.1) is 69.0 Å². The van der Waals surface area contributed by atoms with E-state index in [0.717, 1.165) is 38.5 Å². The largest absolute Gasteiger partial charge is 0.392 e. The summed E-state index contributed by atoms with van der Waals surface area (Å²) in [5.74, 6) is 2.07. The summed E-state index contributed by atoms with van der Waals surface area (Å²) in [5, 5.41) is 0. The second kappa shape index (κ2) is 11.1. The van der Waals surface area contributed by atoms with Gasteiger partial charge < -0.3 is 4.74 Å². The zero-order valence-corrected chi connectivity index (χ0v) is 28.0. The molecular weight excluding hydrogens is 536 g/mol. The van der Waals surface area contributed by atoms with Crippen LogP contribution in [0.25, 0.3) is 0 Å². The second-order valence-electron chi connectivity index (χ2n) is 17.2. The van der Waals surface area contributed by atoms with Crippen molar-refractivity contribution in [3.63, 3.8) is 0 Å². The zero-order valence-electron chi connectivity index (χ0n) is 28.0. The Morgan fingerprint density at radius 2 is 0.884 bits per heavy atom. The SMILES string of the molecule is CC(=O)C1CC[C@](C)(C(=O)OC(=O)[C@@]2(C)CCC(C(C)=O)[C@@]3(C)C2CC[C@H]2CCCC[C@@H]23)C2CCC3CCCCC3[C@@]12C. The molecule has 0 aromatic heterocycles. The Morgan fingerprint density at radius 3 is 1.26 bits per heavy atom. The molecule has 0 aromatic carbocycles. The number of fused-ring (bicyclic) bond motifs is 6. The molecule has 0 radical (unpaired) electrons. The van der Waals surface area contributed by atoms with Crippen LogP contribution < -0.4 is 0 Å². The first-order chi connectivity index (χ1) is 20.3. The van der Waals surface area contributed by atoms with Gasteiger partial charge in [0.05, 0.1) is 10.8 Å². The molecule has 0 aromatic rings. The average molecular weight is 595 g/mol. The van der Waals surface area contributed by atoms with E-state index in [4.69, 9.17) is 4.74 Å². The van der Waals surface area contributed by atoms with Gasteiger partial charge in [0, 0.05) is 11.8 Å². The van der Waals surface area contributed by atoms with Crippen molar-refractivity contribution in [3.8, 4) is 0 Å². The Kier molecular flexibility index (Phi) is 8.10. The predicted molar refractivity (Wildman–Crippen MR) is 167 cm³/mol. The number of Topliss-reactive ketones (excluding diaryl/α,β-unsaturated/α-hetero) is 2. The van der Waals surface area contributed by atoms with Crippen molar-refractivity contribution in [1.29, 1.82) is 0 Å². The third kappa shape index (κ3) is 4.57. The molecule has 0 bridgehead atoms. The molecule has 43 heavy (non-hydrogen) atoms. The highest BCUT2D eigenvalue weighted by Gasteiger charge is 2.66. The van der Waals surface area contributed by atoms with E-state index in [2.05, 4.69) is 27.7 Å². The number of hydrogen-bond acceptors (Lipinski definition) is 5. The topological polar surface area (TPSA) is 77.5 Å². The summed E-state index contributed by atoms with van der Waals surface area (Å²) < 4.78 is 6.14. The van der Waals surface area contributed by atoms with E-state index < -0.39 is 10.8 Å². The minimum atomic E-state index is -0.768. The molecule has 6 rings (SSSR count). The molecule has 0 heterocycles. The van der Waals surface area contributed by atoms with Gasteiger partial charge in [-0.15, -0.1) is 0 Å². The molecule has 0 N–H and O–H groups in total. The number of esters is 2. The van der Waals surface area contributed by atoms with Gasteiger partial charge in [0.2, 0.25) is 0 Å². The maximum atomic E-state index is 14.4. The van der Waals surface area contributed by atoms with E-state index in [0.29, 0.717) is 49.4 Å². The fourth-order valence-electron chi connectivity index (χ4n) is 13.6. The Morgan fingerprint density at radius 1 is 0.512 bits per heavy atom. The number of hydrogen-bond donors (Lipinski definition) is 0. The molecular formula is C38H58O5. The van der Waals surface area contributed by atoms with Crippen molar-refractivity contribution in [3.05, 3.63) is 0 Å². The van der Waals surface area contributed by atoms with E-state index in [-0.39, 0.29) is 58.0 Å². The summed E-state index contributed by atoms with van der Waals surface area (Å²) in [7, 11) is 0. The Labute approximate surface area is 260 Å². The van der Waals surface area contributed by atoms with Crippen LogP contribution in [0.2, 0.25) is 0 Å². The van der Waals surface area contributed by atoms with Crippen molar-refractivity contribution in [1.82, 2.24) is 0 Å². The zero-order chi connectivity index (χ0) is 30.9. The first-order valence-electron chi connectivity index (χ1n) is 18.1. The van der Waals surface area contributed by atoms with Crippen LogP contribution in [0.4, 0.5) is 0 Å². The Bertz CT molecular complexity index is 1070. The minimum Gasteiger partial charge on any atom is -0.392 e. The smallest absolute Gasteiger partial charge is 0.319 e. The molecule has 12 atom stereocenters. The lowest BCUT2D eigenvalue weighted by Crippen LogP contribution is -2.62. The Balaban J connectivity index is 1.28. The van der Waals surface area contributed by atoms with Gasteiger partial charge in [0.1, 0.15) is 11.6 Å². The van der Waals surface area contributed by atoms with Gasteiger partial charge >= 0.3 is 11.9 Å². The van der Waals surface area contributed by atoms with E-state index in [1.165, 1.54) is 38.5 Å². The van der Waals surface area contributed by atoms with Gasteiger partial charge in [-0.3, -0.25) is 19.2 Å². The molecule has 0 spiro atoms. The van der Waals surface area contributed by atoms with Crippen molar-refractivity contribution in [2.45, 2.75) is 144 Å². The molecule has 6 unspecified atom stereocenters. The second-order valence-corrected chi connectivity index (χ2v) is 17.2. The highest BCUT2D eigenvalue weighted by molar-refractivity contribution is 5.92. The van der Waals surface area contributed by atoms with Gasteiger partial charge in [-0.25, -0.2) is 0 Å². The molecule has 6 aliphatic rings. The number of ether oxygens (including phenoxy) is 1. The normalized spacial score (nSPS) is 49.3. The lowest BCUT2D eigenvalue weighted by atomic mass is 9.40. The first-order valence-corrected chi connectivity index (χ1v) is 18.1.